The Bertz CT molecular complexity index is 1430. The summed E-state index contributed by atoms with van der Waals surface area (Å²) >= 11 is 0. The Morgan fingerprint density at radius 2 is 1.86 bits per heavy atom. The molecule has 6 rings (SSSR count). The van der Waals surface area contributed by atoms with Crippen molar-refractivity contribution in [2.45, 2.75) is 52.7 Å². The summed E-state index contributed by atoms with van der Waals surface area (Å²) in [5.41, 5.74) is 5.46. The van der Waals surface area contributed by atoms with Gasteiger partial charge < -0.3 is 19.1 Å². The topological polar surface area (TPSA) is 89.5 Å². The lowest BCUT2D eigenvalue weighted by molar-refractivity contribution is -0.130. The first-order chi connectivity index (χ1) is 17.3. The summed E-state index contributed by atoms with van der Waals surface area (Å²) in [6.45, 7) is 11.6. The quantitative estimate of drug-likeness (QED) is 0.430. The molecule has 36 heavy (non-hydrogen) atoms. The number of piperazine rings is 1. The summed E-state index contributed by atoms with van der Waals surface area (Å²) in [6, 6.07) is 10.1. The molecule has 0 unspecified atom stereocenters. The van der Waals surface area contributed by atoms with Gasteiger partial charge in [0.05, 0.1) is 22.5 Å². The van der Waals surface area contributed by atoms with Crippen LogP contribution in [-0.4, -0.2) is 62.3 Å². The van der Waals surface area contributed by atoms with Gasteiger partial charge in [-0.3, -0.25) is 14.3 Å². The molecule has 0 saturated carbocycles. The number of pyridine rings is 1. The maximum absolute atomic E-state index is 12.1. The third kappa shape index (κ3) is 3.37. The fourth-order valence-corrected chi connectivity index (χ4v) is 5.83. The molecule has 0 spiro atoms. The molecule has 4 aromatic rings. The SMILES string of the molecule is CC(=O)N1C[C@@H](C)N(c2nc3ccc(-c4c(C)noc4C)c4c3n2[C@@H](c2ccccn2)CO4)[C@@H](C)C1. The van der Waals surface area contributed by atoms with Crippen molar-refractivity contribution in [3.63, 3.8) is 0 Å². The molecule has 186 valence electrons. The second-order valence-corrected chi connectivity index (χ2v) is 9.90. The molecule has 5 heterocycles. The highest BCUT2D eigenvalue weighted by molar-refractivity contribution is 5.94. The Morgan fingerprint density at radius 3 is 2.50 bits per heavy atom. The van der Waals surface area contributed by atoms with Crippen molar-refractivity contribution in [3.05, 3.63) is 53.7 Å². The Kier molecular flexibility index (Phi) is 5.24. The predicted molar refractivity (Wildman–Crippen MR) is 136 cm³/mol. The maximum atomic E-state index is 12.1. The van der Waals surface area contributed by atoms with Crippen molar-refractivity contribution < 1.29 is 14.1 Å². The molecule has 2 aliphatic rings. The number of aromatic nitrogens is 4. The lowest BCUT2D eigenvalue weighted by Gasteiger charge is -2.45. The minimum absolute atomic E-state index is 0.100. The number of carbonyl (C=O) groups is 1. The van der Waals surface area contributed by atoms with Crippen LogP contribution in [0, 0.1) is 13.8 Å². The average molecular weight is 487 g/mol. The minimum Gasteiger partial charge on any atom is -0.488 e. The van der Waals surface area contributed by atoms with Gasteiger partial charge in [0.15, 0.2) is 5.75 Å². The molecule has 3 aromatic heterocycles. The van der Waals surface area contributed by atoms with Gasteiger partial charge in [-0.15, -0.1) is 0 Å². The smallest absolute Gasteiger partial charge is 0.219 e. The highest BCUT2D eigenvalue weighted by Gasteiger charge is 2.38. The third-order valence-corrected chi connectivity index (χ3v) is 7.41. The molecule has 1 fully saturated rings. The molecule has 1 aromatic carbocycles. The van der Waals surface area contributed by atoms with Crippen molar-refractivity contribution in [1.82, 2.24) is 24.6 Å². The van der Waals surface area contributed by atoms with Crippen molar-refractivity contribution in [3.8, 4) is 16.9 Å². The van der Waals surface area contributed by atoms with Gasteiger partial charge in [0.1, 0.15) is 23.9 Å². The van der Waals surface area contributed by atoms with Crippen LogP contribution in [-0.2, 0) is 4.79 Å². The number of ether oxygens (including phenoxy) is 1. The van der Waals surface area contributed by atoms with Crippen LogP contribution in [0.1, 0.15) is 44.0 Å². The number of rotatable bonds is 3. The minimum atomic E-state index is -0.135. The highest BCUT2D eigenvalue weighted by Crippen LogP contribution is 2.46. The van der Waals surface area contributed by atoms with E-state index in [2.05, 4.69) is 33.5 Å². The van der Waals surface area contributed by atoms with Crippen LogP contribution in [0.25, 0.3) is 22.2 Å². The fourth-order valence-electron chi connectivity index (χ4n) is 5.83. The monoisotopic (exact) mass is 486 g/mol. The van der Waals surface area contributed by atoms with E-state index in [1.165, 1.54) is 0 Å². The highest BCUT2D eigenvalue weighted by atomic mass is 16.5. The Labute approximate surface area is 209 Å². The first-order valence-corrected chi connectivity index (χ1v) is 12.4. The van der Waals surface area contributed by atoms with E-state index in [1.807, 2.05) is 55.3 Å². The molecule has 0 N–H and O–H groups in total. The van der Waals surface area contributed by atoms with Gasteiger partial charge in [-0.05, 0) is 52.0 Å². The zero-order chi connectivity index (χ0) is 25.1. The number of carbonyl (C=O) groups excluding carboxylic acids is 1. The van der Waals surface area contributed by atoms with Crippen molar-refractivity contribution in [2.24, 2.45) is 0 Å². The van der Waals surface area contributed by atoms with E-state index in [0.29, 0.717) is 19.7 Å². The Balaban J connectivity index is 1.58. The van der Waals surface area contributed by atoms with E-state index in [-0.39, 0.29) is 24.0 Å². The number of imidazole rings is 1. The van der Waals surface area contributed by atoms with E-state index >= 15 is 0 Å². The van der Waals surface area contributed by atoms with Crippen LogP contribution in [0.15, 0.2) is 41.1 Å². The number of anilines is 1. The average Bonchev–Trinajstić information content (AvgIpc) is 3.40. The van der Waals surface area contributed by atoms with Crippen LogP contribution in [0.3, 0.4) is 0 Å². The molecule has 1 saturated heterocycles. The summed E-state index contributed by atoms with van der Waals surface area (Å²) in [4.78, 5) is 26.2. The van der Waals surface area contributed by atoms with E-state index in [4.69, 9.17) is 14.2 Å². The third-order valence-electron chi connectivity index (χ3n) is 7.41. The lowest BCUT2D eigenvalue weighted by Crippen LogP contribution is -2.58. The molecular formula is C27H30N6O3. The van der Waals surface area contributed by atoms with Crippen LogP contribution in [0.2, 0.25) is 0 Å². The van der Waals surface area contributed by atoms with Crippen LogP contribution < -0.4 is 9.64 Å². The molecular weight excluding hydrogens is 456 g/mol. The van der Waals surface area contributed by atoms with E-state index < -0.39 is 0 Å². The summed E-state index contributed by atoms with van der Waals surface area (Å²) in [5.74, 6) is 2.53. The summed E-state index contributed by atoms with van der Waals surface area (Å²) in [7, 11) is 0. The molecule has 3 atom stereocenters. The normalized spacial score (nSPS) is 21.6. The number of hydrogen-bond donors (Lipinski definition) is 0. The molecule has 0 bridgehead atoms. The number of benzene rings is 1. The first-order valence-electron chi connectivity index (χ1n) is 12.4. The van der Waals surface area contributed by atoms with E-state index in [1.54, 1.807) is 6.92 Å². The van der Waals surface area contributed by atoms with Gasteiger partial charge in [-0.25, -0.2) is 4.98 Å². The molecule has 9 nitrogen and oxygen atoms in total. The van der Waals surface area contributed by atoms with E-state index in [9.17, 15) is 4.79 Å². The van der Waals surface area contributed by atoms with E-state index in [0.717, 1.165) is 51.0 Å². The second kappa shape index (κ2) is 8.36. The first kappa shape index (κ1) is 22.6. The largest absolute Gasteiger partial charge is 0.488 e. The molecule has 9 heteroatoms. The van der Waals surface area contributed by atoms with Crippen molar-refractivity contribution in [2.75, 3.05) is 24.6 Å². The predicted octanol–water partition coefficient (Wildman–Crippen LogP) is 4.13. The van der Waals surface area contributed by atoms with Crippen molar-refractivity contribution >= 4 is 22.9 Å². The number of hydrogen-bond acceptors (Lipinski definition) is 7. The number of amides is 1. The molecule has 1 amide bonds. The Hall–Kier alpha value is -3.88. The van der Waals surface area contributed by atoms with Gasteiger partial charge in [0.2, 0.25) is 11.9 Å². The van der Waals surface area contributed by atoms with Crippen LogP contribution in [0.4, 0.5) is 5.95 Å². The number of nitrogens with zero attached hydrogens (tertiary/aromatic N) is 6. The van der Waals surface area contributed by atoms with Gasteiger partial charge in [-0.1, -0.05) is 11.2 Å². The molecule has 2 aliphatic heterocycles. The second-order valence-electron chi connectivity index (χ2n) is 9.90. The molecule has 0 radical (unpaired) electrons. The van der Waals surface area contributed by atoms with Gasteiger partial charge >= 0.3 is 0 Å². The lowest BCUT2D eigenvalue weighted by atomic mass is 10.0. The summed E-state index contributed by atoms with van der Waals surface area (Å²) in [5, 5.41) is 4.17. The fraction of sp³-hybridized carbons (Fsp3) is 0.407. The number of aryl methyl sites for hydroxylation is 2. The van der Waals surface area contributed by atoms with Crippen LogP contribution in [0.5, 0.6) is 5.75 Å². The zero-order valence-electron chi connectivity index (χ0n) is 21.2. The van der Waals surface area contributed by atoms with Crippen molar-refractivity contribution in [1.29, 1.82) is 0 Å². The zero-order valence-corrected chi connectivity index (χ0v) is 21.2. The Morgan fingerprint density at radius 1 is 1.08 bits per heavy atom. The standard InChI is InChI=1S/C27H30N6O3/c1-15-12-31(19(5)34)13-16(2)32(15)27-29-22-10-9-20(24-17(3)30-36-18(24)4)26-25(22)33(27)23(14-35-26)21-8-6-7-11-28-21/h6-11,15-16,23H,12-14H2,1-5H3/t15-,16+,23-/m1/s1. The maximum Gasteiger partial charge on any atom is 0.219 e. The summed E-state index contributed by atoms with van der Waals surface area (Å²) < 4.78 is 14.3. The van der Waals surface area contributed by atoms with Gasteiger partial charge in [-0.2, -0.15) is 0 Å². The summed E-state index contributed by atoms with van der Waals surface area (Å²) in [6.07, 6.45) is 1.82. The van der Waals surface area contributed by atoms with Gasteiger partial charge in [0.25, 0.3) is 0 Å². The van der Waals surface area contributed by atoms with Gasteiger partial charge in [0, 0.05) is 43.9 Å². The van der Waals surface area contributed by atoms with Crippen LogP contribution >= 0.6 is 0 Å². The molecule has 0 aliphatic carbocycles.